The van der Waals surface area contributed by atoms with Gasteiger partial charge in [0, 0.05) is 35.8 Å². The average Bonchev–Trinajstić information content (AvgIpc) is 2.85. The Bertz CT molecular complexity index is 1380. The number of carbonyl (C=O) groups excluding carboxylic acids is 1. The normalized spacial score (nSPS) is 17.4. The lowest BCUT2D eigenvalue weighted by Gasteiger charge is -2.33. The number of benzene rings is 3. The number of ketones is 1. The molecule has 3 aromatic carbocycles. The summed E-state index contributed by atoms with van der Waals surface area (Å²) in [5, 5.41) is 4.11. The van der Waals surface area contributed by atoms with E-state index in [2.05, 4.69) is 10.0 Å². The highest BCUT2D eigenvalue weighted by molar-refractivity contribution is 7.92. The van der Waals surface area contributed by atoms with Crippen LogP contribution >= 0.6 is 23.2 Å². The SMILES string of the molecule is CCO[C@H]1C[C@@H](c2ccc(C(=O)C(C)C)cc2)Nc2ccc(S(=O)(=O)Nc3ccc(Cl)c(Cl)c3)cc21. The molecule has 1 aliphatic heterocycles. The minimum Gasteiger partial charge on any atom is -0.378 e. The van der Waals surface area contributed by atoms with Gasteiger partial charge in [-0.1, -0.05) is 61.3 Å². The number of sulfonamides is 1. The molecular formula is C27H28Cl2N2O4S. The molecule has 190 valence electrons. The Hall–Kier alpha value is -2.58. The minimum absolute atomic E-state index is 0.0472. The second-order valence-electron chi connectivity index (χ2n) is 9.00. The summed E-state index contributed by atoms with van der Waals surface area (Å²) in [5.74, 6) is 0.0495. The zero-order valence-electron chi connectivity index (χ0n) is 20.2. The van der Waals surface area contributed by atoms with Crippen molar-refractivity contribution in [3.05, 3.63) is 87.4 Å². The van der Waals surface area contributed by atoms with Crippen LogP contribution < -0.4 is 10.0 Å². The molecule has 0 radical (unpaired) electrons. The van der Waals surface area contributed by atoms with Crippen LogP contribution in [0.2, 0.25) is 10.0 Å². The monoisotopic (exact) mass is 546 g/mol. The Kier molecular flexibility index (Phi) is 7.95. The maximum Gasteiger partial charge on any atom is 0.261 e. The van der Waals surface area contributed by atoms with Crippen LogP contribution in [0.3, 0.4) is 0 Å². The van der Waals surface area contributed by atoms with Gasteiger partial charge in [-0.2, -0.15) is 0 Å². The Morgan fingerprint density at radius 2 is 1.78 bits per heavy atom. The second-order valence-corrected chi connectivity index (χ2v) is 11.5. The van der Waals surface area contributed by atoms with Crippen molar-refractivity contribution in [2.24, 2.45) is 5.92 Å². The fraction of sp³-hybridized carbons (Fsp3) is 0.296. The van der Waals surface area contributed by atoms with Crippen molar-refractivity contribution in [1.82, 2.24) is 0 Å². The lowest BCUT2D eigenvalue weighted by molar-refractivity contribution is 0.0497. The summed E-state index contributed by atoms with van der Waals surface area (Å²) < 4.78 is 34.8. The number of fused-ring (bicyclic) bond motifs is 1. The van der Waals surface area contributed by atoms with Gasteiger partial charge in [-0.05, 0) is 48.9 Å². The molecule has 0 bridgehead atoms. The first-order valence-electron chi connectivity index (χ1n) is 11.7. The smallest absolute Gasteiger partial charge is 0.261 e. The van der Waals surface area contributed by atoms with Crippen LogP contribution in [0.5, 0.6) is 0 Å². The van der Waals surface area contributed by atoms with E-state index >= 15 is 0 Å². The van der Waals surface area contributed by atoms with Gasteiger partial charge < -0.3 is 10.1 Å². The number of ether oxygens (including phenoxy) is 1. The molecule has 0 unspecified atom stereocenters. The fourth-order valence-electron chi connectivity index (χ4n) is 4.26. The first kappa shape index (κ1) is 26.5. The summed E-state index contributed by atoms with van der Waals surface area (Å²) in [4.78, 5) is 12.4. The highest BCUT2D eigenvalue weighted by atomic mass is 35.5. The van der Waals surface area contributed by atoms with E-state index in [0.29, 0.717) is 29.3 Å². The van der Waals surface area contributed by atoms with Gasteiger partial charge in [0.1, 0.15) is 0 Å². The largest absolute Gasteiger partial charge is 0.378 e. The zero-order valence-corrected chi connectivity index (χ0v) is 22.5. The number of hydrogen-bond acceptors (Lipinski definition) is 5. The molecule has 0 amide bonds. The van der Waals surface area contributed by atoms with Crippen LogP contribution in [0.4, 0.5) is 11.4 Å². The van der Waals surface area contributed by atoms with Crippen LogP contribution in [0.1, 0.15) is 60.8 Å². The van der Waals surface area contributed by atoms with Crippen LogP contribution in [-0.4, -0.2) is 20.8 Å². The predicted octanol–water partition coefficient (Wildman–Crippen LogP) is 7.27. The third-order valence-electron chi connectivity index (χ3n) is 6.12. The molecule has 36 heavy (non-hydrogen) atoms. The number of hydrogen-bond donors (Lipinski definition) is 2. The maximum absolute atomic E-state index is 13.1. The molecule has 0 aromatic heterocycles. The molecule has 0 fully saturated rings. The van der Waals surface area contributed by atoms with Gasteiger partial charge in [0.2, 0.25) is 0 Å². The Balaban J connectivity index is 1.60. The van der Waals surface area contributed by atoms with E-state index in [1.807, 2.05) is 45.0 Å². The van der Waals surface area contributed by atoms with E-state index in [9.17, 15) is 13.2 Å². The summed E-state index contributed by atoms with van der Waals surface area (Å²) in [7, 11) is -3.87. The summed E-state index contributed by atoms with van der Waals surface area (Å²) in [6.45, 7) is 6.17. The van der Waals surface area contributed by atoms with Crippen molar-refractivity contribution in [3.8, 4) is 0 Å². The molecule has 4 rings (SSSR count). The lowest BCUT2D eigenvalue weighted by Crippen LogP contribution is -2.24. The summed E-state index contributed by atoms with van der Waals surface area (Å²) in [6.07, 6.45) is 0.315. The highest BCUT2D eigenvalue weighted by Crippen LogP contribution is 2.42. The van der Waals surface area contributed by atoms with Crippen molar-refractivity contribution < 1.29 is 17.9 Å². The first-order chi connectivity index (χ1) is 17.1. The molecule has 3 aromatic rings. The van der Waals surface area contributed by atoms with E-state index in [1.54, 1.807) is 24.3 Å². The van der Waals surface area contributed by atoms with Crippen molar-refractivity contribution in [1.29, 1.82) is 0 Å². The van der Waals surface area contributed by atoms with E-state index in [0.717, 1.165) is 16.8 Å². The van der Waals surface area contributed by atoms with Crippen LogP contribution in [0, 0.1) is 5.92 Å². The van der Waals surface area contributed by atoms with Gasteiger partial charge in [-0.3, -0.25) is 9.52 Å². The van der Waals surface area contributed by atoms with E-state index in [-0.39, 0.29) is 33.8 Å². The average molecular weight is 548 g/mol. The Morgan fingerprint density at radius 3 is 2.42 bits per heavy atom. The van der Waals surface area contributed by atoms with Crippen LogP contribution in [0.25, 0.3) is 0 Å². The molecule has 0 saturated heterocycles. The molecular weight excluding hydrogens is 519 g/mol. The molecule has 9 heteroatoms. The number of Topliss-reactive ketones (excluding diaryl/α,β-unsaturated/α-hetero) is 1. The van der Waals surface area contributed by atoms with Gasteiger partial charge >= 0.3 is 0 Å². The molecule has 0 saturated carbocycles. The minimum atomic E-state index is -3.87. The molecule has 2 atom stereocenters. The van der Waals surface area contributed by atoms with Crippen molar-refractivity contribution in [2.75, 3.05) is 16.6 Å². The van der Waals surface area contributed by atoms with Gasteiger partial charge in [-0.25, -0.2) is 8.42 Å². The Morgan fingerprint density at radius 1 is 1.06 bits per heavy atom. The second kappa shape index (κ2) is 10.8. The van der Waals surface area contributed by atoms with Gasteiger partial charge in [0.25, 0.3) is 10.0 Å². The van der Waals surface area contributed by atoms with E-state index in [1.165, 1.54) is 12.1 Å². The first-order valence-corrected chi connectivity index (χ1v) is 14.0. The van der Waals surface area contributed by atoms with Crippen LogP contribution in [-0.2, 0) is 14.8 Å². The summed E-state index contributed by atoms with van der Waals surface area (Å²) >= 11 is 12.0. The van der Waals surface area contributed by atoms with Gasteiger partial charge in [0.15, 0.2) is 5.78 Å². The topological polar surface area (TPSA) is 84.5 Å². The van der Waals surface area contributed by atoms with E-state index < -0.39 is 10.0 Å². The Labute approximate surface area is 222 Å². The standard InChI is InChI=1S/C27H28Cl2N2O4S/c1-4-35-26-15-25(17-5-7-18(8-6-17)27(32)16(2)3)30-24-12-10-20(14-21(24)26)36(33,34)31-19-9-11-22(28)23(29)13-19/h5-14,16,25-26,30-31H,4,15H2,1-3H3/t25-,26-/m0/s1. The molecule has 1 heterocycles. The van der Waals surface area contributed by atoms with Gasteiger partial charge in [-0.15, -0.1) is 0 Å². The summed E-state index contributed by atoms with van der Waals surface area (Å²) in [5.41, 5.74) is 3.62. The lowest BCUT2D eigenvalue weighted by atomic mass is 9.90. The number of rotatable bonds is 8. The molecule has 0 aliphatic carbocycles. The molecule has 2 N–H and O–H groups in total. The van der Waals surface area contributed by atoms with Gasteiger partial charge in [0.05, 0.1) is 32.8 Å². The third kappa shape index (κ3) is 5.70. The predicted molar refractivity (Wildman–Crippen MR) is 145 cm³/mol. The number of nitrogens with one attached hydrogen (secondary N) is 2. The van der Waals surface area contributed by atoms with Crippen molar-refractivity contribution in [2.45, 2.75) is 44.2 Å². The molecule has 0 spiro atoms. The molecule has 1 aliphatic rings. The number of anilines is 2. The zero-order chi connectivity index (χ0) is 26.0. The van der Waals surface area contributed by atoms with Crippen LogP contribution in [0.15, 0.2) is 65.6 Å². The van der Waals surface area contributed by atoms with Crippen molar-refractivity contribution in [3.63, 3.8) is 0 Å². The quantitative estimate of drug-likeness (QED) is 0.290. The fourth-order valence-corrected chi connectivity index (χ4v) is 5.64. The third-order valence-corrected chi connectivity index (χ3v) is 8.24. The number of halogens is 2. The highest BCUT2D eigenvalue weighted by Gasteiger charge is 2.30. The number of carbonyl (C=O) groups is 1. The molecule has 6 nitrogen and oxygen atoms in total. The summed E-state index contributed by atoms with van der Waals surface area (Å²) in [6, 6.07) is 17.1. The maximum atomic E-state index is 13.1. The van der Waals surface area contributed by atoms with E-state index in [4.69, 9.17) is 27.9 Å². The van der Waals surface area contributed by atoms with Crippen molar-refractivity contribution >= 4 is 50.4 Å².